The smallest absolute Gasteiger partial charge is 0.164 e. The molecule has 113 heavy (non-hydrogen) atoms. The Hall–Kier alpha value is -0.720. The second-order valence-electron chi connectivity index (χ2n) is 50.7. The zero-order valence-corrected chi connectivity index (χ0v) is 90.6. The van der Waals surface area contributed by atoms with Gasteiger partial charge >= 0.3 is 0 Å². The van der Waals surface area contributed by atoms with Crippen molar-refractivity contribution in [3.63, 3.8) is 0 Å². The van der Waals surface area contributed by atoms with Crippen LogP contribution in [0.2, 0.25) is 0 Å². The summed E-state index contributed by atoms with van der Waals surface area (Å²) in [5, 5.41) is 0. The number of hydrogen-bond donors (Lipinski definition) is 0. The molecule has 0 aromatic carbocycles. The van der Waals surface area contributed by atoms with E-state index in [1.807, 2.05) is 13.8 Å². The van der Waals surface area contributed by atoms with Crippen LogP contribution in [0.25, 0.3) is 0 Å². The summed E-state index contributed by atoms with van der Waals surface area (Å²) in [6.07, 6.45) is 0. The fraction of sp³-hybridized carbons (Fsp3) is 0.980. The first-order chi connectivity index (χ1) is 48.1. The van der Waals surface area contributed by atoms with E-state index in [0.29, 0.717) is 31.2 Å². The number of piperazine rings is 1. The standard InChI is InChI=1S/C14H30N2.C13H27NO.C13H27NS.C13H27N.2C9H18N2.C9H18O2.C9H18O.C9H18S/c1-11(2)12(3,4)16(10)14(7,8)13(5,6)15(11)9;2*1-10(2)12(5,6)15-13(7,8)11(3,4)14(10)9;1-10(2)11(3,4)13(7,8)14(9)12(10,5)6;2*1-7-10-8(2,3)9(4,5)11(7)6;1-7(2)8(3,4)11-9(5,6)10-7;2*1-7(2)8(3,4)10-9(7,5)6/h1-10H3;2*1-9H3;1-9H3;3*1-6H3;2*1-6H3. The Morgan fingerprint density at radius 2 is 0.389 bits per heavy atom. The minimum Gasteiger partial charge on any atom is -0.368 e. The number of likely N-dealkylation sites (N-methyl/N-ethyl adjacent to an activating group) is 5. The molecule has 0 amide bonds. The number of amidine groups is 2. The van der Waals surface area contributed by atoms with Crippen molar-refractivity contribution in [3.05, 3.63) is 0 Å². The van der Waals surface area contributed by atoms with Gasteiger partial charge in [-0.15, -0.1) is 23.5 Å². The number of rotatable bonds is 0. The van der Waals surface area contributed by atoms with Crippen LogP contribution in [0.15, 0.2) is 9.98 Å². The molecule has 0 aromatic rings. The van der Waals surface area contributed by atoms with Gasteiger partial charge in [-0.1, -0.05) is 83.1 Å². The Morgan fingerprint density at radius 1 is 0.195 bits per heavy atom. The monoisotopic (exact) mass is 1630 g/mol. The lowest BCUT2D eigenvalue weighted by atomic mass is 9.57. The number of aliphatic imine (C=N–C) groups is 2. The van der Waals surface area contributed by atoms with E-state index < -0.39 is 5.79 Å². The lowest BCUT2D eigenvalue weighted by molar-refractivity contribution is -0.339. The quantitative estimate of drug-likeness (QED) is 0.231. The van der Waals surface area contributed by atoms with Gasteiger partial charge in [0.15, 0.2) is 5.79 Å². The van der Waals surface area contributed by atoms with E-state index in [1.165, 1.54) is 0 Å². The Kier molecular flexibility index (Phi) is 30.4. The molecule has 0 N–H and O–H groups in total. The van der Waals surface area contributed by atoms with Gasteiger partial charge in [0.1, 0.15) is 0 Å². The SMILES string of the molecule is CC1(C)OC(C)(C)C(C)(C)O1.CC1(C)OC(C)(C)C1(C)C.CC1(C)SC(C)(C)C1(C)C.CC1=NC(C)(C)C(C)(C)N1C.CC1=NC(C)(C)C(C)(C)N1C.CN1C(C)(C)C(C)(C)C(C)(C)C1(C)C.CN1C(C)(C)C(C)(C)N(C)C(C)(C)C1(C)C.CN1C(C)(C)C(C)(C)OC(C)(C)C1(C)C.CN1C(C)(C)C(C)(C)SC(C)(C)C1(C)C. The van der Waals surface area contributed by atoms with Gasteiger partial charge in [0, 0.05) is 93.9 Å². The van der Waals surface area contributed by atoms with Crippen molar-refractivity contribution in [2.75, 3.05) is 49.3 Å². The van der Waals surface area contributed by atoms with E-state index >= 15 is 0 Å². The average molecular weight is 1630 g/mol. The Bertz CT molecular complexity index is 3000. The van der Waals surface area contributed by atoms with Crippen LogP contribution in [0.3, 0.4) is 0 Å². The first-order valence-electron chi connectivity index (χ1n) is 43.6. The van der Waals surface area contributed by atoms with Crippen LogP contribution < -0.4 is 0 Å². The lowest BCUT2D eigenvalue weighted by Gasteiger charge is -2.70. The summed E-state index contributed by atoms with van der Waals surface area (Å²) in [4.78, 5) is 26.3. The molecule has 0 radical (unpaired) electrons. The van der Waals surface area contributed by atoms with Crippen molar-refractivity contribution >= 4 is 35.2 Å². The van der Waals surface area contributed by atoms with E-state index in [4.69, 9.17) is 18.9 Å². The Labute approximate surface area is 716 Å². The number of hydrogen-bond acceptors (Lipinski definition) is 15. The van der Waals surface area contributed by atoms with Crippen molar-refractivity contribution in [1.82, 2.24) is 34.3 Å². The van der Waals surface area contributed by atoms with E-state index in [-0.39, 0.29) is 121 Å². The van der Waals surface area contributed by atoms with Crippen molar-refractivity contribution in [3.8, 4) is 0 Å². The molecule has 0 unspecified atom stereocenters. The van der Waals surface area contributed by atoms with E-state index in [2.05, 4.69) is 519 Å². The number of nitrogens with zero attached hydrogens (tertiary/aromatic N) is 9. The number of thioether (sulfide) groups is 2. The summed E-state index contributed by atoms with van der Waals surface area (Å²) in [5.74, 6) is 1.84. The molecule has 9 aliphatic heterocycles. The maximum atomic E-state index is 6.32. The van der Waals surface area contributed by atoms with Crippen LogP contribution in [0, 0.1) is 21.7 Å². The van der Waals surface area contributed by atoms with Crippen LogP contribution in [-0.4, -0.2) is 231 Å². The maximum absolute atomic E-state index is 6.32. The molecule has 674 valence electrons. The van der Waals surface area contributed by atoms with E-state index in [1.54, 1.807) is 0 Å². The molecule has 0 bridgehead atoms. The highest BCUT2D eigenvalue weighted by atomic mass is 32.2. The van der Waals surface area contributed by atoms with Gasteiger partial charge in [-0.2, -0.15) is 0 Å². The highest BCUT2D eigenvalue weighted by Crippen LogP contribution is 2.67. The molecule has 7 fully saturated rings. The van der Waals surface area contributed by atoms with E-state index in [9.17, 15) is 0 Å². The topological polar surface area (TPSA) is 84.3 Å². The summed E-state index contributed by atoms with van der Waals surface area (Å²) in [5.41, 5.74) is 2.85. The second kappa shape index (κ2) is 31.2. The summed E-state index contributed by atoms with van der Waals surface area (Å²) in [7, 11) is 15.5. The molecule has 13 nitrogen and oxygen atoms in total. The fourth-order valence-corrected chi connectivity index (χ4v) is 22.6. The molecular formula is C98H201N9O4S2. The molecule has 15 heteroatoms. The number of likely N-dealkylation sites (tertiary alicyclic amines) is 1. The third kappa shape index (κ3) is 18.3. The molecule has 0 saturated carbocycles. The van der Waals surface area contributed by atoms with Gasteiger partial charge in [0.2, 0.25) is 0 Å². The third-order valence-corrected chi connectivity index (χ3v) is 43.0. The Balaban J connectivity index is 0.000000639. The third-order valence-electron chi connectivity index (χ3n) is 38.9. The largest absolute Gasteiger partial charge is 0.368 e. The molecule has 9 heterocycles. The second-order valence-corrected chi connectivity index (χ2v) is 55.2. The van der Waals surface area contributed by atoms with E-state index in [0.717, 1.165) is 11.7 Å². The molecule has 7 saturated heterocycles. The molecular weight excluding hydrogens is 1430 g/mol. The zero-order valence-electron chi connectivity index (χ0n) is 89.0. The predicted octanol–water partition coefficient (Wildman–Crippen LogP) is 25.4. The predicted molar refractivity (Wildman–Crippen MR) is 507 cm³/mol. The molecule has 9 rings (SSSR count). The number of ether oxygens (including phenoxy) is 4. The zero-order chi connectivity index (χ0) is 92.4. The lowest BCUT2D eigenvalue weighted by Crippen LogP contribution is -2.82. The molecule has 0 aromatic heterocycles. The van der Waals surface area contributed by atoms with Gasteiger partial charge in [0.05, 0.1) is 67.4 Å². The van der Waals surface area contributed by atoms with Crippen molar-refractivity contribution < 1.29 is 18.9 Å². The van der Waals surface area contributed by atoms with Gasteiger partial charge in [-0.3, -0.25) is 34.5 Å². The van der Waals surface area contributed by atoms with Crippen LogP contribution in [0.4, 0.5) is 0 Å². The van der Waals surface area contributed by atoms with Crippen LogP contribution in [-0.2, 0) is 18.9 Å². The minimum atomic E-state index is -0.438. The molecule has 9 aliphatic rings. The number of morpholine rings is 1. The summed E-state index contributed by atoms with van der Waals surface area (Å²) < 4.78 is 25.0. The summed E-state index contributed by atoms with van der Waals surface area (Å²) in [6.45, 7) is 136. The first-order valence-corrected chi connectivity index (χ1v) is 45.2. The van der Waals surface area contributed by atoms with Gasteiger partial charge in [-0.25, -0.2) is 0 Å². The normalized spacial score (nSPS) is 31.6. The van der Waals surface area contributed by atoms with Crippen LogP contribution in [0.1, 0.15) is 415 Å². The fourth-order valence-electron chi connectivity index (χ4n) is 18.4. The molecule has 0 atom stereocenters. The maximum Gasteiger partial charge on any atom is 0.164 e. The molecule has 0 aliphatic carbocycles. The van der Waals surface area contributed by atoms with Crippen molar-refractivity contribution in [2.24, 2.45) is 31.6 Å². The van der Waals surface area contributed by atoms with Gasteiger partial charge < -0.3 is 28.7 Å². The summed E-state index contributed by atoms with van der Waals surface area (Å²) >= 11 is 4.22. The van der Waals surface area contributed by atoms with Crippen LogP contribution >= 0.6 is 23.5 Å². The van der Waals surface area contributed by atoms with Gasteiger partial charge in [-0.05, 0) is 384 Å². The first kappa shape index (κ1) is 110. The highest BCUT2D eigenvalue weighted by Gasteiger charge is 2.68. The average Bonchev–Trinajstić information content (AvgIpc) is 1.60. The Morgan fingerprint density at radius 3 is 0.504 bits per heavy atom. The van der Waals surface area contributed by atoms with Gasteiger partial charge in [0.25, 0.3) is 0 Å². The minimum absolute atomic E-state index is 0.0337. The summed E-state index contributed by atoms with van der Waals surface area (Å²) in [6, 6.07) is 0. The molecule has 0 spiro atoms. The van der Waals surface area contributed by atoms with Crippen LogP contribution in [0.5, 0.6) is 0 Å². The highest BCUT2D eigenvalue weighted by molar-refractivity contribution is 8.03. The van der Waals surface area contributed by atoms with Crippen molar-refractivity contribution in [1.29, 1.82) is 0 Å². The van der Waals surface area contributed by atoms with Crippen molar-refractivity contribution in [2.45, 2.75) is 551 Å².